The number of carbonyl (C=O) groups is 1. The Morgan fingerprint density at radius 3 is 2.89 bits per heavy atom. The SMILES string of the molecule is CC1Cc2ccccc2N1c1cncc(C(=O)NCCc2cccc(Cl)c2)c1. The second-order valence-corrected chi connectivity index (χ2v) is 7.56. The number of hydrogen-bond acceptors (Lipinski definition) is 3. The van der Waals surface area contributed by atoms with Crippen molar-refractivity contribution in [2.24, 2.45) is 0 Å². The number of benzene rings is 2. The number of para-hydroxylation sites is 1. The highest BCUT2D eigenvalue weighted by Gasteiger charge is 2.27. The molecule has 5 heteroatoms. The molecule has 1 aromatic heterocycles. The topological polar surface area (TPSA) is 45.2 Å². The summed E-state index contributed by atoms with van der Waals surface area (Å²) in [6.45, 7) is 2.74. The number of halogens is 1. The van der Waals surface area contributed by atoms with Crippen molar-refractivity contribution in [3.8, 4) is 0 Å². The lowest BCUT2D eigenvalue weighted by Crippen LogP contribution is -2.27. The van der Waals surface area contributed by atoms with Crippen molar-refractivity contribution in [3.63, 3.8) is 0 Å². The van der Waals surface area contributed by atoms with Gasteiger partial charge in [0.1, 0.15) is 0 Å². The van der Waals surface area contributed by atoms with Crippen LogP contribution < -0.4 is 10.2 Å². The molecule has 1 aliphatic heterocycles. The molecule has 2 aromatic carbocycles. The Morgan fingerprint density at radius 1 is 1.18 bits per heavy atom. The summed E-state index contributed by atoms with van der Waals surface area (Å²) in [4.78, 5) is 19.2. The van der Waals surface area contributed by atoms with Gasteiger partial charge in [0.15, 0.2) is 0 Å². The number of aromatic nitrogens is 1. The number of pyridine rings is 1. The van der Waals surface area contributed by atoms with Gasteiger partial charge in [-0.1, -0.05) is 41.9 Å². The van der Waals surface area contributed by atoms with E-state index in [1.54, 1.807) is 6.20 Å². The maximum atomic E-state index is 12.6. The first-order valence-corrected chi connectivity index (χ1v) is 9.84. The number of hydrogen-bond donors (Lipinski definition) is 1. The minimum atomic E-state index is -0.114. The van der Waals surface area contributed by atoms with Gasteiger partial charge in [-0.05, 0) is 55.2 Å². The van der Waals surface area contributed by atoms with Gasteiger partial charge >= 0.3 is 0 Å². The Balaban J connectivity index is 1.46. The number of fused-ring (bicyclic) bond motifs is 1. The second-order valence-electron chi connectivity index (χ2n) is 7.12. The third-order valence-corrected chi connectivity index (χ3v) is 5.29. The van der Waals surface area contributed by atoms with E-state index < -0.39 is 0 Å². The largest absolute Gasteiger partial charge is 0.352 e. The highest BCUT2D eigenvalue weighted by Crippen LogP contribution is 2.37. The molecule has 0 bridgehead atoms. The normalized spacial score (nSPS) is 15.4. The zero-order valence-corrected chi connectivity index (χ0v) is 16.5. The fourth-order valence-corrected chi connectivity index (χ4v) is 3.97. The van der Waals surface area contributed by atoms with Gasteiger partial charge in [-0.2, -0.15) is 0 Å². The van der Waals surface area contributed by atoms with Crippen molar-refractivity contribution in [3.05, 3.63) is 88.7 Å². The lowest BCUT2D eigenvalue weighted by atomic mass is 10.1. The minimum Gasteiger partial charge on any atom is -0.352 e. The van der Waals surface area contributed by atoms with E-state index in [1.165, 1.54) is 11.3 Å². The fraction of sp³-hybridized carbons (Fsp3) is 0.217. The Morgan fingerprint density at radius 2 is 2.04 bits per heavy atom. The molecule has 1 N–H and O–H groups in total. The van der Waals surface area contributed by atoms with E-state index in [4.69, 9.17) is 11.6 Å². The first-order chi connectivity index (χ1) is 13.6. The molecule has 0 fully saturated rings. The van der Waals surface area contributed by atoms with Crippen LogP contribution in [0.25, 0.3) is 0 Å². The minimum absolute atomic E-state index is 0.114. The predicted octanol–water partition coefficient (Wildman–Crippen LogP) is 4.79. The van der Waals surface area contributed by atoms with Gasteiger partial charge in [0.05, 0.1) is 17.4 Å². The molecule has 4 rings (SSSR count). The van der Waals surface area contributed by atoms with Gasteiger partial charge < -0.3 is 10.2 Å². The molecule has 0 spiro atoms. The van der Waals surface area contributed by atoms with E-state index in [1.807, 2.05) is 42.6 Å². The van der Waals surface area contributed by atoms with Crippen molar-refractivity contribution in [1.82, 2.24) is 10.3 Å². The summed E-state index contributed by atoms with van der Waals surface area (Å²) in [6, 6.07) is 18.3. The number of amides is 1. The number of nitrogens with zero attached hydrogens (tertiary/aromatic N) is 2. The van der Waals surface area contributed by atoms with Crippen LogP contribution in [0.4, 0.5) is 11.4 Å². The second kappa shape index (κ2) is 8.03. The fourth-order valence-electron chi connectivity index (χ4n) is 3.76. The van der Waals surface area contributed by atoms with E-state index in [0.29, 0.717) is 23.2 Å². The van der Waals surface area contributed by atoms with Gasteiger partial charge in [0.25, 0.3) is 5.91 Å². The molecule has 1 aliphatic rings. The Kier molecular flexibility index (Phi) is 5.31. The van der Waals surface area contributed by atoms with Crippen LogP contribution in [-0.4, -0.2) is 23.5 Å². The summed E-state index contributed by atoms with van der Waals surface area (Å²) in [5, 5.41) is 3.68. The summed E-state index contributed by atoms with van der Waals surface area (Å²) in [5.41, 5.74) is 5.13. The van der Waals surface area contributed by atoms with Crippen LogP contribution in [0, 0.1) is 0 Å². The van der Waals surface area contributed by atoms with Crippen LogP contribution >= 0.6 is 11.6 Å². The molecular weight excluding hydrogens is 370 g/mol. The molecule has 1 amide bonds. The van der Waals surface area contributed by atoms with E-state index in [2.05, 4.69) is 40.3 Å². The first-order valence-electron chi connectivity index (χ1n) is 9.46. The van der Waals surface area contributed by atoms with Gasteiger partial charge in [-0.15, -0.1) is 0 Å². The van der Waals surface area contributed by atoms with Crippen molar-refractivity contribution in [2.75, 3.05) is 11.4 Å². The summed E-state index contributed by atoms with van der Waals surface area (Å²) in [7, 11) is 0. The Bertz CT molecular complexity index is 1000. The van der Waals surface area contributed by atoms with E-state index >= 15 is 0 Å². The maximum Gasteiger partial charge on any atom is 0.252 e. The predicted molar refractivity (Wildman–Crippen MR) is 113 cm³/mol. The molecule has 28 heavy (non-hydrogen) atoms. The number of nitrogens with one attached hydrogen (secondary N) is 1. The molecule has 0 saturated heterocycles. The molecule has 2 heterocycles. The van der Waals surface area contributed by atoms with Crippen molar-refractivity contribution in [1.29, 1.82) is 0 Å². The summed E-state index contributed by atoms with van der Waals surface area (Å²) in [5.74, 6) is -0.114. The highest BCUT2D eigenvalue weighted by atomic mass is 35.5. The summed E-state index contributed by atoms with van der Waals surface area (Å²) in [6.07, 6.45) is 5.16. The Labute approximate surface area is 170 Å². The van der Waals surface area contributed by atoms with Crippen molar-refractivity contribution in [2.45, 2.75) is 25.8 Å². The highest BCUT2D eigenvalue weighted by molar-refractivity contribution is 6.30. The molecular formula is C23H22ClN3O. The molecule has 0 saturated carbocycles. The van der Waals surface area contributed by atoms with Crippen LogP contribution in [0.5, 0.6) is 0 Å². The Hall–Kier alpha value is -2.85. The number of carbonyl (C=O) groups excluding carboxylic acids is 1. The summed E-state index contributed by atoms with van der Waals surface area (Å²) < 4.78 is 0. The monoisotopic (exact) mass is 391 g/mol. The van der Waals surface area contributed by atoms with Gasteiger partial charge in [-0.25, -0.2) is 0 Å². The molecule has 1 unspecified atom stereocenters. The van der Waals surface area contributed by atoms with Crippen LogP contribution in [0.15, 0.2) is 67.0 Å². The molecule has 3 aromatic rings. The molecule has 0 radical (unpaired) electrons. The number of rotatable bonds is 5. The zero-order valence-electron chi connectivity index (χ0n) is 15.7. The lowest BCUT2D eigenvalue weighted by Gasteiger charge is -2.25. The van der Waals surface area contributed by atoms with Gasteiger partial charge in [-0.3, -0.25) is 9.78 Å². The third kappa shape index (κ3) is 3.87. The molecule has 1 atom stereocenters. The van der Waals surface area contributed by atoms with Gasteiger partial charge in [0.2, 0.25) is 0 Å². The smallest absolute Gasteiger partial charge is 0.252 e. The third-order valence-electron chi connectivity index (χ3n) is 5.06. The quantitative estimate of drug-likeness (QED) is 0.680. The lowest BCUT2D eigenvalue weighted by molar-refractivity contribution is 0.0954. The van der Waals surface area contributed by atoms with Crippen LogP contribution in [0.3, 0.4) is 0 Å². The van der Waals surface area contributed by atoms with E-state index in [0.717, 1.165) is 24.1 Å². The van der Waals surface area contributed by atoms with Crippen LogP contribution in [0.2, 0.25) is 5.02 Å². The average Bonchev–Trinajstić information content (AvgIpc) is 3.04. The number of anilines is 2. The molecule has 142 valence electrons. The van der Waals surface area contributed by atoms with Crippen molar-refractivity contribution < 1.29 is 4.79 Å². The summed E-state index contributed by atoms with van der Waals surface area (Å²) >= 11 is 6.01. The van der Waals surface area contributed by atoms with Gasteiger partial charge in [0, 0.05) is 29.5 Å². The van der Waals surface area contributed by atoms with E-state index in [-0.39, 0.29) is 5.91 Å². The zero-order chi connectivity index (χ0) is 19.5. The molecule has 0 aliphatic carbocycles. The molecule has 4 nitrogen and oxygen atoms in total. The van der Waals surface area contributed by atoms with Crippen molar-refractivity contribution >= 4 is 28.9 Å². The van der Waals surface area contributed by atoms with Crippen LogP contribution in [-0.2, 0) is 12.8 Å². The average molecular weight is 392 g/mol. The van der Waals surface area contributed by atoms with E-state index in [9.17, 15) is 4.79 Å². The maximum absolute atomic E-state index is 12.6. The first kappa shape index (κ1) is 18.5. The van der Waals surface area contributed by atoms with Crippen LogP contribution in [0.1, 0.15) is 28.4 Å². The standard InChI is InChI=1S/C23H22ClN3O/c1-16-11-18-6-2-3-8-22(18)27(16)21-13-19(14-25-15-21)23(28)26-10-9-17-5-4-7-20(24)12-17/h2-8,12-16H,9-11H2,1H3,(H,26,28).